The maximum absolute atomic E-state index is 12.5. The lowest BCUT2D eigenvalue weighted by atomic mass is 9.87. The van der Waals surface area contributed by atoms with Crippen LogP contribution in [0.15, 0.2) is 36.9 Å². The Bertz CT molecular complexity index is 808. The van der Waals surface area contributed by atoms with Crippen molar-refractivity contribution in [2.24, 2.45) is 5.41 Å². The van der Waals surface area contributed by atoms with E-state index in [4.69, 9.17) is 0 Å². The van der Waals surface area contributed by atoms with Gasteiger partial charge >= 0.3 is 0 Å². The number of hydrogen-bond acceptors (Lipinski definition) is 5. The van der Waals surface area contributed by atoms with Gasteiger partial charge in [-0.3, -0.25) is 4.79 Å². The molecular formula is C16H23N5O3S. The molecule has 0 saturated carbocycles. The largest absolute Gasteiger partial charge is 0.325 e. The van der Waals surface area contributed by atoms with Gasteiger partial charge in [0.05, 0.1) is 12.8 Å². The number of anilines is 1. The topological polar surface area (TPSA) is 106 Å². The highest BCUT2D eigenvalue weighted by Crippen LogP contribution is 2.22. The summed E-state index contributed by atoms with van der Waals surface area (Å²) in [6.45, 7) is 5.98. The predicted molar refractivity (Wildman–Crippen MR) is 95.4 cm³/mol. The first-order valence-corrected chi connectivity index (χ1v) is 9.63. The number of sulfonamides is 1. The number of nitrogens with zero attached hydrogens (tertiary/aromatic N) is 3. The summed E-state index contributed by atoms with van der Waals surface area (Å²) in [6, 6.07) is 6.40. The Hall–Kier alpha value is -2.26. The van der Waals surface area contributed by atoms with E-state index in [0.29, 0.717) is 12.2 Å². The lowest BCUT2D eigenvalue weighted by molar-refractivity contribution is -0.119. The zero-order valence-corrected chi connectivity index (χ0v) is 15.5. The number of nitrogens with one attached hydrogen (secondary N) is 2. The summed E-state index contributed by atoms with van der Waals surface area (Å²) in [5, 5.41) is 6.79. The third-order valence-corrected chi connectivity index (χ3v) is 4.16. The van der Waals surface area contributed by atoms with Crippen molar-refractivity contribution >= 4 is 21.6 Å². The number of hydrogen-bond donors (Lipinski definition) is 2. The highest BCUT2D eigenvalue weighted by atomic mass is 32.2. The molecule has 2 rings (SSSR count). The summed E-state index contributed by atoms with van der Waals surface area (Å²) in [5.41, 5.74) is 1.03. The van der Waals surface area contributed by atoms with Crippen LogP contribution in [0.5, 0.6) is 0 Å². The van der Waals surface area contributed by atoms with E-state index >= 15 is 0 Å². The molecule has 2 N–H and O–H groups in total. The number of amides is 1. The molecule has 136 valence electrons. The molecule has 0 aliphatic carbocycles. The summed E-state index contributed by atoms with van der Waals surface area (Å²) >= 11 is 0. The van der Waals surface area contributed by atoms with Gasteiger partial charge < -0.3 is 5.32 Å². The van der Waals surface area contributed by atoms with E-state index in [1.54, 1.807) is 43.9 Å². The molecule has 0 spiro atoms. The van der Waals surface area contributed by atoms with Crippen LogP contribution in [0.1, 0.15) is 26.3 Å². The third kappa shape index (κ3) is 5.95. The molecule has 9 heteroatoms. The van der Waals surface area contributed by atoms with Crippen LogP contribution >= 0.6 is 0 Å². The predicted octanol–water partition coefficient (Wildman–Crippen LogP) is 1.23. The zero-order valence-electron chi connectivity index (χ0n) is 14.7. The average Bonchev–Trinajstić information content (AvgIpc) is 2.98. The average molecular weight is 365 g/mol. The first kappa shape index (κ1) is 19.1. The van der Waals surface area contributed by atoms with Crippen molar-refractivity contribution in [1.29, 1.82) is 0 Å². The molecule has 0 fully saturated rings. The number of carbonyl (C=O) groups excluding carboxylic acids is 1. The second-order valence-electron chi connectivity index (χ2n) is 6.97. The third-order valence-electron chi connectivity index (χ3n) is 3.49. The fourth-order valence-electron chi connectivity index (χ4n) is 2.25. The van der Waals surface area contributed by atoms with Crippen molar-refractivity contribution in [3.63, 3.8) is 0 Å². The molecule has 1 amide bonds. The lowest BCUT2D eigenvalue weighted by Crippen LogP contribution is -2.51. The maximum Gasteiger partial charge on any atom is 0.243 e. The molecule has 25 heavy (non-hydrogen) atoms. The smallest absolute Gasteiger partial charge is 0.243 e. The Morgan fingerprint density at radius 2 is 1.88 bits per heavy atom. The van der Waals surface area contributed by atoms with Gasteiger partial charge in [-0.2, -0.15) is 5.10 Å². The standard InChI is InChI=1S/C16H23N5O3S/c1-16(2,3)14(20-25(4,23)24)15(22)19-13-7-5-12(6-8-13)9-21-11-17-10-18-21/h5-8,10-11,14,20H,9H2,1-4H3,(H,19,22). The van der Waals surface area contributed by atoms with Gasteiger partial charge in [-0.05, 0) is 23.1 Å². The number of aromatic nitrogens is 3. The minimum absolute atomic E-state index is 0.401. The number of rotatable bonds is 6. The van der Waals surface area contributed by atoms with Crippen LogP contribution in [0.2, 0.25) is 0 Å². The van der Waals surface area contributed by atoms with Crippen molar-refractivity contribution < 1.29 is 13.2 Å². The summed E-state index contributed by atoms with van der Waals surface area (Å²) in [7, 11) is -3.51. The van der Waals surface area contributed by atoms with E-state index in [2.05, 4.69) is 20.1 Å². The summed E-state index contributed by atoms with van der Waals surface area (Å²) in [5.74, 6) is -0.401. The van der Waals surface area contributed by atoms with Crippen LogP contribution in [-0.2, 0) is 21.4 Å². The molecule has 2 aromatic rings. The fraction of sp³-hybridized carbons (Fsp3) is 0.438. The lowest BCUT2D eigenvalue weighted by Gasteiger charge is -2.29. The van der Waals surface area contributed by atoms with Gasteiger partial charge in [-0.15, -0.1) is 0 Å². The minimum atomic E-state index is -3.51. The maximum atomic E-state index is 12.5. The molecule has 0 aliphatic heterocycles. The van der Waals surface area contributed by atoms with Gasteiger partial charge in [0, 0.05) is 5.69 Å². The summed E-state index contributed by atoms with van der Waals surface area (Å²) < 4.78 is 27.2. The van der Waals surface area contributed by atoms with Crippen molar-refractivity contribution in [1.82, 2.24) is 19.5 Å². The Morgan fingerprint density at radius 1 is 1.24 bits per heavy atom. The van der Waals surface area contributed by atoms with Gasteiger partial charge in [0.15, 0.2) is 0 Å². The van der Waals surface area contributed by atoms with Gasteiger partial charge in [-0.1, -0.05) is 32.9 Å². The molecule has 1 aromatic carbocycles. The van der Waals surface area contributed by atoms with Gasteiger partial charge in [0.2, 0.25) is 15.9 Å². The first-order valence-electron chi connectivity index (χ1n) is 7.74. The highest BCUT2D eigenvalue weighted by molar-refractivity contribution is 7.88. The highest BCUT2D eigenvalue weighted by Gasteiger charge is 2.33. The Kier molecular flexibility index (Phi) is 5.58. The SMILES string of the molecule is CC(C)(C)C(NS(C)(=O)=O)C(=O)Nc1ccc(Cn2cncn2)cc1. The molecule has 1 atom stereocenters. The van der Waals surface area contributed by atoms with E-state index in [0.717, 1.165) is 11.8 Å². The Morgan fingerprint density at radius 3 is 2.36 bits per heavy atom. The summed E-state index contributed by atoms with van der Waals surface area (Å²) in [6.07, 6.45) is 4.13. The normalized spacial score (nSPS) is 13.4. The van der Waals surface area contributed by atoms with Crippen molar-refractivity contribution in [2.75, 3.05) is 11.6 Å². The van der Waals surface area contributed by atoms with Crippen LogP contribution in [0.4, 0.5) is 5.69 Å². The zero-order chi connectivity index (χ0) is 18.7. The second-order valence-corrected chi connectivity index (χ2v) is 8.75. The van der Waals surface area contributed by atoms with Gasteiger partial charge in [0.1, 0.15) is 18.7 Å². The van der Waals surface area contributed by atoms with Crippen molar-refractivity contribution in [3.8, 4) is 0 Å². The Balaban J connectivity index is 2.07. The van der Waals surface area contributed by atoms with Crippen LogP contribution in [0.3, 0.4) is 0 Å². The van der Waals surface area contributed by atoms with E-state index < -0.39 is 27.4 Å². The molecule has 1 heterocycles. The second kappa shape index (κ2) is 7.32. The Labute approximate surface area is 147 Å². The molecule has 0 saturated heterocycles. The molecule has 0 aliphatic rings. The monoisotopic (exact) mass is 365 g/mol. The minimum Gasteiger partial charge on any atom is -0.325 e. The number of carbonyl (C=O) groups is 1. The van der Waals surface area contributed by atoms with Crippen LogP contribution in [-0.4, -0.2) is 41.4 Å². The van der Waals surface area contributed by atoms with Gasteiger partial charge in [-0.25, -0.2) is 22.8 Å². The van der Waals surface area contributed by atoms with Gasteiger partial charge in [0.25, 0.3) is 0 Å². The first-order chi connectivity index (χ1) is 11.5. The van der Waals surface area contributed by atoms with Crippen molar-refractivity contribution in [2.45, 2.75) is 33.4 Å². The molecular weight excluding hydrogens is 342 g/mol. The van der Waals surface area contributed by atoms with E-state index in [1.165, 1.54) is 6.33 Å². The van der Waals surface area contributed by atoms with Crippen LogP contribution in [0, 0.1) is 5.41 Å². The van der Waals surface area contributed by atoms with Crippen molar-refractivity contribution in [3.05, 3.63) is 42.5 Å². The molecule has 0 bridgehead atoms. The molecule has 0 radical (unpaired) electrons. The molecule has 1 aromatic heterocycles. The van der Waals surface area contributed by atoms with Crippen LogP contribution < -0.4 is 10.0 Å². The van der Waals surface area contributed by atoms with E-state index in [9.17, 15) is 13.2 Å². The fourth-order valence-corrected chi connectivity index (χ4v) is 3.14. The van der Waals surface area contributed by atoms with Crippen LogP contribution in [0.25, 0.3) is 0 Å². The quantitative estimate of drug-likeness (QED) is 0.801. The number of benzene rings is 1. The molecule has 1 unspecified atom stereocenters. The van der Waals surface area contributed by atoms with E-state index in [-0.39, 0.29) is 0 Å². The molecule has 8 nitrogen and oxygen atoms in total. The van der Waals surface area contributed by atoms with E-state index in [1.807, 2.05) is 12.1 Å². The summed E-state index contributed by atoms with van der Waals surface area (Å²) in [4.78, 5) is 16.4.